The van der Waals surface area contributed by atoms with E-state index < -0.39 is 23.7 Å². The molecule has 8 nitrogen and oxygen atoms in total. The number of phenolic OH excluding ortho intramolecular Hbond substituents is 8. The smallest absolute Gasteiger partial charge is 0.123 e. The van der Waals surface area contributed by atoms with E-state index in [0.717, 1.165) is 51.4 Å². The van der Waals surface area contributed by atoms with Gasteiger partial charge in [-0.25, -0.2) is 0 Å². The standard InChI is InChI=1S/C44H56O8/c1-5-9-13-25-29-17-31(39(47)21-37(29)45)26(14-10-6-2)33-19-35(43(51)23-41(33)49)28(16-12-8-4)36-20-34(42(50)24-44(36)52)27(15-11-7-3)32-18-30(25)38(46)22-40(32)48/h17-28,45-52H,5-16H2,1-4H3. The molecule has 1 aliphatic rings. The Morgan fingerprint density at radius 2 is 0.442 bits per heavy atom. The molecule has 0 atom stereocenters. The van der Waals surface area contributed by atoms with Crippen LogP contribution in [0.5, 0.6) is 46.0 Å². The first-order chi connectivity index (χ1) is 24.9. The van der Waals surface area contributed by atoms with Gasteiger partial charge in [-0.2, -0.15) is 0 Å². The van der Waals surface area contributed by atoms with Crippen molar-refractivity contribution in [1.29, 1.82) is 0 Å². The van der Waals surface area contributed by atoms with Crippen LogP contribution in [0.15, 0.2) is 48.5 Å². The second kappa shape index (κ2) is 16.7. The van der Waals surface area contributed by atoms with Crippen LogP contribution < -0.4 is 0 Å². The molecule has 5 rings (SSSR count). The molecule has 4 aromatic carbocycles. The third-order valence-electron chi connectivity index (χ3n) is 11.1. The Labute approximate surface area is 307 Å². The van der Waals surface area contributed by atoms with Gasteiger partial charge in [0.05, 0.1) is 0 Å². The Bertz CT molecular complexity index is 1490. The summed E-state index contributed by atoms with van der Waals surface area (Å²) in [4.78, 5) is 0. The largest absolute Gasteiger partial charge is 0.508 e. The first-order valence-electron chi connectivity index (χ1n) is 19.2. The third kappa shape index (κ3) is 7.71. The van der Waals surface area contributed by atoms with Crippen LogP contribution in [0.1, 0.15) is 173 Å². The molecule has 0 aromatic heterocycles. The third-order valence-corrected chi connectivity index (χ3v) is 11.1. The van der Waals surface area contributed by atoms with Crippen LogP contribution in [0.3, 0.4) is 0 Å². The van der Waals surface area contributed by atoms with E-state index in [1.165, 1.54) is 24.3 Å². The predicted octanol–water partition coefficient (Wildman–Crippen LogP) is 10.9. The molecule has 0 saturated carbocycles. The van der Waals surface area contributed by atoms with Gasteiger partial charge >= 0.3 is 0 Å². The van der Waals surface area contributed by atoms with Gasteiger partial charge in [0.25, 0.3) is 0 Å². The van der Waals surface area contributed by atoms with Crippen molar-refractivity contribution in [3.05, 3.63) is 93.0 Å². The molecule has 0 radical (unpaired) electrons. The maximum Gasteiger partial charge on any atom is 0.123 e. The first-order valence-corrected chi connectivity index (χ1v) is 19.2. The average Bonchev–Trinajstić information content (AvgIpc) is 3.09. The van der Waals surface area contributed by atoms with E-state index in [9.17, 15) is 40.9 Å². The van der Waals surface area contributed by atoms with E-state index in [1.54, 1.807) is 24.3 Å². The van der Waals surface area contributed by atoms with Crippen molar-refractivity contribution in [2.45, 2.75) is 128 Å². The molecule has 0 saturated heterocycles. The molecular weight excluding hydrogens is 656 g/mol. The number of aromatic hydroxyl groups is 8. The fourth-order valence-electron chi connectivity index (χ4n) is 8.23. The van der Waals surface area contributed by atoms with Crippen LogP contribution in [0.4, 0.5) is 0 Å². The molecule has 1 aliphatic carbocycles. The molecule has 280 valence electrons. The van der Waals surface area contributed by atoms with Crippen molar-refractivity contribution in [3.8, 4) is 46.0 Å². The Kier molecular flexibility index (Phi) is 12.4. The zero-order chi connectivity index (χ0) is 37.7. The maximum atomic E-state index is 11.5. The number of fused-ring (bicyclic) bond motifs is 8. The lowest BCUT2D eigenvalue weighted by atomic mass is 9.76. The second-order valence-corrected chi connectivity index (χ2v) is 14.7. The lowest BCUT2D eigenvalue weighted by Crippen LogP contribution is -2.11. The van der Waals surface area contributed by atoms with E-state index >= 15 is 0 Å². The number of hydrogen-bond donors (Lipinski definition) is 8. The van der Waals surface area contributed by atoms with Crippen molar-refractivity contribution in [1.82, 2.24) is 0 Å². The fourth-order valence-corrected chi connectivity index (χ4v) is 8.23. The van der Waals surface area contributed by atoms with Gasteiger partial charge in [-0.3, -0.25) is 0 Å². The molecular formula is C44H56O8. The van der Waals surface area contributed by atoms with Crippen molar-refractivity contribution >= 4 is 0 Å². The number of benzene rings is 4. The molecule has 52 heavy (non-hydrogen) atoms. The molecule has 0 heterocycles. The monoisotopic (exact) mass is 712 g/mol. The van der Waals surface area contributed by atoms with Crippen molar-refractivity contribution in [3.63, 3.8) is 0 Å². The summed E-state index contributed by atoms with van der Waals surface area (Å²) >= 11 is 0. The average molecular weight is 713 g/mol. The van der Waals surface area contributed by atoms with E-state index in [2.05, 4.69) is 27.7 Å². The summed E-state index contributed by atoms with van der Waals surface area (Å²) in [6.45, 7) is 8.24. The number of unbranched alkanes of at least 4 members (excludes halogenated alkanes) is 4. The van der Waals surface area contributed by atoms with Gasteiger partial charge in [-0.05, 0) is 49.9 Å². The van der Waals surface area contributed by atoms with Crippen LogP contribution >= 0.6 is 0 Å². The summed E-state index contributed by atoms with van der Waals surface area (Å²) in [5, 5.41) is 91.9. The van der Waals surface area contributed by atoms with Crippen LogP contribution in [-0.4, -0.2) is 40.9 Å². The summed E-state index contributed by atoms with van der Waals surface area (Å²) in [6.07, 6.45) is 8.63. The Morgan fingerprint density at radius 3 is 0.577 bits per heavy atom. The number of hydrogen-bond acceptors (Lipinski definition) is 8. The van der Waals surface area contributed by atoms with Crippen molar-refractivity contribution < 1.29 is 40.9 Å². The minimum Gasteiger partial charge on any atom is -0.508 e. The summed E-state index contributed by atoms with van der Waals surface area (Å²) in [5.41, 5.74) is 4.01. The molecule has 0 spiro atoms. The molecule has 0 aliphatic heterocycles. The van der Waals surface area contributed by atoms with Gasteiger partial charge in [0.15, 0.2) is 0 Å². The van der Waals surface area contributed by atoms with E-state index in [4.69, 9.17) is 0 Å². The summed E-state index contributed by atoms with van der Waals surface area (Å²) in [5.74, 6) is -3.20. The fraction of sp³-hybridized carbons (Fsp3) is 0.455. The van der Waals surface area contributed by atoms with Crippen molar-refractivity contribution in [2.24, 2.45) is 0 Å². The topological polar surface area (TPSA) is 162 Å². The molecule has 8 bridgehead atoms. The summed E-state index contributed by atoms with van der Waals surface area (Å²) in [7, 11) is 0. The lowest BCUT2D eigenvalue weighted by Gasteiger charge is -2.29. The Morgan fingerprint density at radius 1 is 0.288 bits per heavy atom. The van der Waals surface area contributed by atoms with Gasteiger partial charge in [0.2, 0.25) is 0 Å². The van der Waals surface area contributed by atoms with Gasteiger partial charge in [-0.1, -0.05) is 79.1 Å². The molecule has 0 unspecified atom stereocenters. The molecule has 0 amide bonds. The van der Waals surface area contributed by atoms with Crippen molar-refractivity contribution in [2.75, 3.05) is 0 Å². The highest BCUT2D eigenvalue weighted by atomic mass is 16.3. The SMILES string of the molecule is CCCCC1c2cc(c(O)cc2O)C(CCCC)c2cc(c(O)cc2O)C(CCCC)c2cc(c(O)cc2O)C(CCCC)c2cc1c(O)cc2O. The predicted molar refractivity (Wildman–Crippen MR) is 205 cm³/mol. The van der Waals surface area contributed by atoms with Crippen LogP contribution in [0, 0.1) is 0 Å². The first kappa shape index (κ1) is 38.5. The lowest BCUT2D eigenvalue weighted by molar-refractivity contribution is 0.420. The maximum absolute atomic E-state index is 11.5. The molecule has 8 heteroatoms. The zero-order valence-corrected chi connectivity index (χ0v) is 31.0. The zero-order valence-electron chi connectivity index (χ0n) is 31.0. The van der Waals surface area contributed by atoms with Gasteiger partial charge in [0, 0.05) is 92.4 Å². The quantitative estimate of drug-likeness (QED) is 0.0719. The van der Waals surface area contributed by atoms with Crippen LogP contribution in [-0.2, 0) is 0 Å². The molecule has 4 aromatic rings. The summed E-state index contributed by atoms with van der Waals surface area (Å²) in [6, 6.07) is 12.4. The highest BCUT2D eigenvalue weighted by Gasteiger charge is 2.32. The number of rotatable bonds is 12. The van der Waals surface area contributed by atoms with Gasteiger partial charge in [-0.15, -0.1) is 0 Å². The highest BCUT2D eigenvalue weighted by molar-refractivity contribution is 5.62. The van der Waals surface area contributed by atoms with E-state index in [-0.39, 0.29) is 46.0 Å². The molecule has 0 fully saturated rings. The van der Waals surface area contributed by atoms with Gasteiger partial charge < -0.3 is 40.9 Å². The Hall–Kier alpha value is -4.72. The minimum atomic E-state index is -0.531. The number of phenols is 8. The molecule has 8 N–H and O–H groups in total. The summed E-state index contributed by atoms with van der Waals surface area (Å²) < 4.78 is 0. The van der Waals surface area contributed by atoms with Crippen LogP contribution in [0.2, 0.25) is 0 Å². The Balaban J connectivity index is 1.95. The van der Waals surface area contributed by atoms with E-state index in [0.29, 0.717) is 70.2 Å². The van der Waals surface area contributed by atoms with E-state index in [1.807, 2.05) is 0 Å². The normalized spacial score (nSPS) is 18.4. The highest BCUT2D eigenvalue weighted by Crippen LogP contribution is 2.52. The van der Waals surface area contributed by atoms with Gasteiger partial charge in [0.1, 0.15) is 46.0 Å². The van der Waals surface area contributed by atoms with Crippen LogP contribution in [0.25, 0.3) is 0 Å². The minimum absolute atomic E-state index is 0.134. The second-order valence-electron chi connectivity index (χ2n) is 14.7.